The minimum Gasteiger partial charge on any atom is -0.321 e. The van der Waals surface area contributed by atoms with Crippen molar-refractivity contribution in [2.45, 2.75) is 38.6 Å². The molecule has 4 heteroatoms. The van der Waals surface area contributed by atoms with Crippen molar-refractivity contribution in [1.29, 1.82) is 0 Å². The normalized spacial score (nSPS) is 19.8. The summed E-state index contributed by atoms with van der Waals surface area (Å²) in [7, 11) is 0. The van der Waals surface area contributed by atoms with Crippen LogP contribution in [0.4, 0.5) is 0 Å². The molecule has 0 aliphatic heterocycles. The highest BCUT2D eigenvalue weighted by Gasteiger charge is 2.19. The highest BCUT2D eigenvalue weighted by atomic mass is 15.2. The van der Waals surface area contributed by atoms with Gasteiger partial charge < -0.3 is 5.73 Å². The molecule has 13 heavy (non-hydrogen) atoms. The Hall–Kier alpha value is -0.900. The quantitative estimate of drug-likeness (QED) is 0.733. The standard InChI is InChI=1S/C9H16N4/c1-6(10)9-11-8(12-13-9)5-7-3-2-4-7/h6-7H,2-5,10H2,1H3,(H,11,12,13). The number of nitrogens with two attached hydrogens (primary N) is 1. The molecule has 1 atom stereocenters. The zero-order valence-electron chi connectivity index (χ0n) is 7.95. The third-order valence-corrected chi connectivity index (χ3v) is 2.66. The van der Waals surface area contributed by atoms with E-state index in [0.29, 0.717) is 0 Å². The van der Waals surface area contributed by atoms with Crippen molar-refractivity contribution in [3.8, 4) is 0 Å². The van der Waals surface area contributed by atoms with E-state index in [-0.39, 0.29) is 6.04 Å². The third kappa shape index (κ3) is 1.88. The molecular weight excluding hydrogens is 164 g/mol. The molecule has 1 aliphatic rings. The third-order valence-electron chi connectivity index (χ3n) is 2.66. The van der Waals surface area contributed by atoms with Gasteiger partial charge in [-0.25, -0.2) is 4.98 Å². The second-order valence-electron chi connectivity index (χ2n) is 3.93. The van der Waals surface area contributed by atoms with E-state index >= 15 is 0 Å². The molecule has 0 bridgehead atoms. The zero-order valence-corrected chi connectivity index (χ0v) is 7.95. The molecule has 0 aromatic carbocycles. The Morgan fingerprint density at radius 1 is 1.62 bits per heavy atom. The molecule has 2 rings (SSSR count). The van der Waals surface area contributed by atoms with Crippen LogP contribution in [0.3, 0.4) is 0 Å². The summed E-state index contributed by atoms with van der Waals surface area (Å²) < 4.78 is 0. The predicted molar refractivity (Wildman–Crippen MR) is 50.0 cm³/mol. The number of aromatic amines is 1. The summed E-state index contributed by atoms with van der Waals surface area (Å²) in [5, 5.41) is 7.01. The molecule has 4 nitrogen and oxygen atoms in total. The maximum absolute atomic E-state index is 5.66. The topological polar surface area (TPSA) is 67.6 Å². The monoisotopic (exact) mass is 180 g/mol. The van der Waals surface area contributed by atoms with E-state index in [0.717, 1.165) is 24.0 Å². The van der Waals surface area contributed by atoms with Gasteiger partial charge in [0.15, 0.2) is 5.82 Å². The number of aromatic nitrogens is 3. The first kappa shape index (κ1) is 8.69. The highest BCUT2D eigenvalue weighted by Crippen LogP contribution is 2.28. The second-order valence-corrected chi connectivity index (χ2v) is 3.93. The molecule has 1 aliphatic carbocycles. The van der Waals surface area contributed by atoms with Crippen LogP contribution in [0.25, 0.3) is 0 Å². The van der Waals surface area contributed by atoms with Gasteiger partial charge in [0.2, 0.25) is 0 Å². The second kappa shape index (κ2) is 3.46. The van der Waals surface area contributed by atoms with Crippen LogP contribution in [-0.2, 0) is 6.42 Å². The van der Waals surface area contributed by atoms with Crippen LogP contribution >= 0.6 is 0 Å². The minimum absolute atomic E-state index is 0.0635. The number of nitrogens with one attached hydrogen (secondary N) is 1. The summed E-state index contributed by atoms with van der Waals surface area (Å²) >= 11 is 0. The van der Waals surface area contributed by atoms with Crippen LogP contribution in [0.5, 0.6) is 0 Å². The molecule has 1 saturated carbocycles. The van der Waals surface area contributed by atoms with Gasteiger partial charge in [0, 0.05) is 6.42 Å². The van der Waals surface area contributed by atoms with Gasteiger partial charge in [-0.05, 0) is 12.8 Å². The Labute approximate surface area is 77.9 Å². The Morgan fingerprint density at radius 3 is 2.85 bits per heavy atom. The van der Waals surface area contributed by atoms with E-state index in [1.165, 1.54) is 19.3 Å². The molecule has 1 heterocycles. The fourth-order valence-electron chi connectivity index (χ4n) is 1.58. The van der Waals surface area contributed by atoms with Crippen molar-refractivity contribution in [2.75, 3.05) is 0 Å². The van der Waals surface area contributed by atoms with Crippen molar-refractivity contribution >= 4 is 0 Å². The summed E-state index contributed by atoms with van der Waals surface area (Å²) in [5.41, 5.74) is 5.66. The molecule has 1 unspecified atom stereocenters. The first-order valence-corrected chi connectivity index (χ1v) is 4.92. The van der Waals surface area contributed by atoms with Crippen molar-refractivity contribution in [3.05, 3.63) is 11.6 Å². The SMILES string of the molecule is CC(N)c1n[nH]c(CC2CCC2)n1. The maximum Gasteiger partial charge on any atom is 0.167 e. The summed E-state index contributed by atoms with van der Waals surface area (Å²) in [6.07, 6.45) is 5.10. The lowest BCUT2D eigenvalue weighted by Gasteiger charge is -2.23. The van der Waals surface area contributed by atoms with Crippen LogP contribution in [0.1, 0.15) is 43.9 Å². The minimum atomic E-state index is -0.0635. The van der Waals surface area contributed by atoms with Crippen molar-refractivity contribution in [3.63, 3.8) is 0 Å². The molecule has 0 spiro atoms. The summed E-state index contributed by atoms with van der Waals surface area (Å²) in [5.74, 6) is 2.56. The van der Waals surface area contributed by atoms with Gasteiger partial charge in [0.25, 0.3) is 0 Å². The Balaban J connectivity index is 1.96. The molecule has 3 N–H and O–H groups in total. The number of hydrogen-bond donors (Lipinski definition) is 2. The van der Waals surface area contributed by atoms with Crippen LogP contribution < -0.4 is 5.73 Å². The van der Waals surface area contributed by atoms with Crippen LogP contribution in [0.15, 0.2) is 0 Å². The Kier molecular flexibility index (Phi) is 2.31. The van der Waals surface area contributed by atoms with Crippen LogP contribution in [0, 0.1) is 5.92 Å². The lowest BCUT2D eigenvalue weighted by atomic mass is 9.83. The average Bonchev–Trinajstić information content (AvgIpc) is 2.44. The number of H-pyrrole nitrogens is 1. The average molecular weight is 180 g/mol. The molecule has 0 amide bonds. The fraction of sp³-hybridized carbons (Fsp3) is 0.778. The highest BCUT2D eigenvalue weighted by molar-refractivity contribution is 4.96. The van der Waals surface area contributed by atoms with E-state index in [1.54, 1.807) is 0 Å². The van der Waals surface area contributed by atoms with E-state index in [1.807, 2.05) is 6.92 Å². The molecule has 0 saturated heterocycles. The van der Waals surface area contributed by atoms with Crippen molar-refractivity contribution in [2.24, 2.45) is 11.7 Å². The summed E-state index contributed by atoms with van der Waals surface area (Å²) in [6, 6.07) is -0.0635. The number of hydrogen-bond acceptors (Lipinski definition) is 3. The summed E-state index contributed by atoms with van der Waals surface area (Å²) in [6.45, 7) is 1.90. The molecule has 72 valence electrons. The number of rotatable bonds is 3. The van der Waals surface area contributed by atoms with Crippen LogP contribution in [-0.4, -0.2) is 15.2 Å². The Bertz CT molecular complexity index is 275. The van der Waals surface area contributed by atoms with Crippen molar-refractivity contribution in [1.82, 2.24) is 15.2 Å². The van der Waals surface area contributed by atoms with Gasteiger partial charge in [0.1, 0.15) is 5.82 Å². The molecule has 1 aromatic heterocycles. The van der Waals surface area contributed by atoms with Gasteiger partial charge in [-0.3, -0.25) is 5.10 Å². The first-order valence-electron chi connectivity index (χ1n) is 4.92. The smallest absolute Gasteiger partial charge is 0.167 e. The van der Waals surface area contributed by atoms with Crippen molar-refractivity contribution < 1.29 is 0 Å². The predicted octanol–water partition coefficient (Wildman–Crippen LogP) is 1.17. The molecular formula is C9H16N4. The zero-order chi connectivity index (χ0) is 9.26. The van der Waals surface area contributed by atoms with E-state index in [4.69, 9.17) is 5.73 Å². The van der Waals surface area contributed by atoms with Gasteiger partial charge in [-0.2, -0.15) is 5.10 Å². The Morgan fingerprint density at radius 2 is 2.38 bits per heavy atom. The molecule has 1 aromatic rings. The van der Waals surface area contributed by atoms with E-state index < -0.39 is 0 Å². The van der Waals surface area contributed by atoms with Gasteiger partial charge in [-0.1, -0.05) is 19.3 Å². The van der Waals surface area contributed by atoms with E-state index in [9.17, 15) is 0 Å². The molecule has 1 fully saturated rings. The van der Waals surface area contributed by atoms with E-state index in [2.05, 4.69) is 15.2 Å². The van der Waals surface area contributed by atoms with Gasteiger partial charge in [-0.15, -0.1) is 0 Å². The molecule has 0 radical (unpaired) electrons. The lowest BCUT2D eigenvalue weighted by Crippen LogP contribution is -2.14. The van der Waals surface area contributed by atoms with Gasteiger partial charge in [0.05, 0.1) is 6.04 Å². The van der Waals surface area contributed by atoms with Crippen LogP contribution in [0.2, 0.25) is 0 Å². The number of nitrogens with zero attached hydrogens (tertiary/aromatic N) is 2. The summed E-state index contributed by atoms with van der Waals surface area (Å²) in [4.78, 5) is 4.34. The lowest BCUT2D eigenvalue weighted by molar-refractivity contribution is 0.309. The fourth-order valence-corrected chi connectivity index (χ4v) is 1.58. The maximum atomic E-state index is 5.66. The first-order chi connectivity index (χ1) is 6.25. The van der Waals surface area contributed by atoms with Gasteiger partial charge >= 0.3 is 0 Å². The largest absolute Gasteiger partial charge is 0.321 e.